The van der Waals surface area contributed by atoms with Gasteiger partial charge in [0.1, 0.15) is 9.77 Å². The molecule has 1 aliphatic rings. The van der Waals surface area contributed by atoms with Gasteiger partial charge < -0.3 is 14.7 Å². The fraction of sp³-hybridized carbons (Fsp3) is 0.538. The Morgan fingerprint density at radius 2 is 2.17 bits per heavy atom. The molecule has 0 aliphatic carbocycles. The molecule has 1 amide bonds. The van der Waals surface area contributed by atoms with Crippen molar-refractivity contribution in [3.8, 4) is 0 Å². The van der Waals surface area contributed by atoms with Crippen molar-refractivity contribution in [2.24, 2.45) is 0 Å². The Kier molecular flexibility index (Phi) is 5.40. The number of aliphatic carboxylic acids is 1. The maximum atomic E-state index is 12.6. The van der Waals surface area contributed by atoms with Crippen molar-refractivity contribution in [3.05, 3.63) is 16.3 Å². The molecule has 1 aromatic rings. The molecule has 2 heterocycles. The van der Waals surface area contributed by atoms with Gasteiger partial charge >= 0.3 is 5.97 Å². The molecular formula is C13H18N2O6S2. The quantitative estimate of drug-likeness (QED) is 0.809. The summed E-state index contributed by atoms with van der Waals surface area (Å²) in [6.45, 7) is 0.656. The highest BCUT2D eigenvalue weighted by Gasteiger charge is 2.31. The smallest absolute Gasteiger partial charge is 0.306 e. The minimum atomic E-state index is -3.71. The normalized spacial score (nSPS) is 19.1. The van der Waals surface area contributed by atoms with E-state index in [0.717, 1.165) is 15.6 Å². The van der Waals surface area contributed by atoms with Crippen LogP contribution in [0.1, 0.15) is 16.1 Å². The fourth-order valence-corrected chi connectivity index (χ4v) is 4.47. The number of carbonyl (C=O) groups excluding carboxylic acids is 1. The number of thiophene rings is 1. The number of ether oxygens (including phenoxy) is 1. The molecule has 0 aromatic carbocycles. The molecule has 23 heavy (non-hydrogen) atoms. The van der Waals surface area contributed by atoms with Gasteiger partial charge in [-0.3, -0.25) is 9.59 Å². The van der Waals surface area contributed by atoms with E-state index in [1.54, 1.807) is 5.38 Å². The molecule has 1 N–H and O–H groups in total. The first-order valence-electron chi connectivity index (χ1n) is 6.86. The number of nitrogens with zero attached hydrogens (tertiary/aromatic N) is 2. The summed E-state index contributed by atoms with van der Waals surface area (Å²) in [4.78, 5) is 24.9. The number of carboxylic acid groups (broad SMARTS) is 1. The highest BCUT2D eigenvalue weighted by Crippen LogP contribution is 2.26. The van der Waals surface area contributed by atoms with Gasteiger partial charge in [0, 0.05) is 27.2 Å². The number of rotatable bonds is 5. The summed E-state index contributed by atoms with van der Waals surface area (Å²) in [5, 5.41) is 10.4. The SMILES string of the molecule is CN(C)S(=O)(=O)c1ccsc1C(=O)N1CCOC(CC(=O)O)C1. The predicted octanol–water partition coefficient (Wildman–Crippen LogP) is 0.314. The summed E-state index contributed by atoms with van der Waals surface area (Å²) in [5.41, 5.74) is 0. The number of carboxylic acids is 1. The molecular weight excluding hydrogens is 344 g/mol. The van der Waals surface area contributed by atoms with Crippen molar-refractivity contribution in [2.45, 2.75) is 17.4 Å². The first-order chi connectivity index (χ1) is 10.7. The molecule has 1 unspecified atom stereocenters. The highest BCUT2D eigenvalue weighted by molar-refractivity contribution is 7.89. The lowest BCUT2D eigenvalue weighted by molar-refractivity contribution is -0.141. The monoisotopic (exact) mass is 362 g/mol. The Balaban J connectivity index is 2.22. The topological polar surface area (TPSA) is 104 Å². The van der Waals surface area contributed by atoms with Crippen LogP contribution in [-0.4, -0.2) is 74.5 Å². The average molecular weight is 362 g/mol. The van der Waals surface area contributed by atoms with Gasteiger partial charge in [-0.15, -0.1) is 11.3 Å². The van der Waals surface area contributed by atoms with E-state index in [2.05, 4.69) is 0 Å². The van der Waals surface area contributed by atoms with Crippen LogP contribution in [0.4, 0.5) is 0 Å². The number of sulfonamides is 1. The molecule has 2 rings (SSSR count). The first-order valence-corrected chi connectivity index (χ1v) is 9.18. The van der Waals surface area contributed by atoms with Gasteiger partial charge in [0.2, 0.25) is 10.0 Å². The lowest BCUT2D eigenvalue weighted by Gasteiger charge is -2.32. The molecule has 8 nitrogen and oxygen atoms in total. The Labute approximate surface area is 138 Å². The summed E-state index contributed by atoms with van der Waals surface area (Å²) in [6, 6.07) is 1.41. The second kappa shape index (κ2) is 6.95. The predicted molar refractivity (Wildman–Crippen MR) is 83.1 cm³/mol. The van der Waals surface area contributed by atoms with Gasteiger partial charge in [0.05, 0.1) is 19.1 Å². The summed E-state index contributed by atoms with van der Waals surface area (Å²) in [7, 11) is -0.906. The molecule has 1 aromatic heterocycles. The zero-order valence-electron chi connectivity index (χ0n) is 12.8. The van der Waals surface area contributed by atoms with E-state index in [1.807, 2.05) is 0 Å². The summed E-state index contributed by atoms with van der Waals surface area (Å²) < 4.78 is 30.9. The van der Waals surface area contributed by atoms with E-state index in [9.17, 15) is 18.0 Å². The minimum absolute atomic E-state index is 0.0289. The molecule has 0 spiro atoms. The molecule has 1 aliphatic heterocycles. The van der Waals surface area contributed by atoms with Crippen LogP contribution in [-0.2, 0) is 19.6 Å². The zero-order valence-corrected chi connectivity index (χ0v) is 14.4. The van der Waals surface area contributed by atoms with Crippen LogP contribution in [0.25, 0.3) is 0 Å². The van der Waals surface area contributed by atoms with Gasteiger partial charge in [-0.25, -0.2) is 12.7 Å². The number of carbonyl (C=O) groups is 2. The second-order valence-electron chi connectivity index (χ2n) is 5.24. The van der Waals surface area contributed by atoms with Gasteiger partial charge in [-0.1, -0.05) is 0 Å². The maximum Gasteiger partial charge on any atom is 0.306 e. The summed E-state index contributed by atoms with van der Waals surface area (Å²) >= 11 is 1.06. The van der Waals surface area contributed by atoms with Crippen LogP contribution < -0.4 is 0 Å². The lowest BCUT2D eigenvalue weighted by atomic mass is 10.2. The van der Waals surface area contributed by atoms with Crippen LogP contribution in [0.2, 0.25) is 0 Å². The van der Waals surface area contributed by atoms with E-state index in [0.29, 0.717) is 6.54 Å². The standard InChI is InChI=1S/C13H18N2O6S2/c1-14(2)23(19,20)10-3-6-22-12(10)13(18)15-4-5-21-9(8-15)7-11(16)17/h3,6,9H,4-5,7-8H2,1-2H3,(H,16,17). The summed E-state index contributed by atoms with van der Waals surface area (Å²) in [5.74, 6) is -1.42. The largest absolute Gasteiger partial charge is 0.481 e. The Hall–Kier alpha value is -1.49. The molecule has 10 heteroatoms. The molecule has 0 bridgehead atoms. The van der Waals surface area contributed by atoms with Crippen LogP contribution in [0.5, 0.6) is 0 Å². The third-order valence-electron chi connectivity index (χ3n) is 3.41. The number of hydrogen-bond acceptors (Lipinski definition) is 6. The van der Waals surface area contributed by atoms with Crippen molar-refractivity contribution in [1.82, 2.24) is 9.21 Å². The molecule has 1 saturated heterocycles. The van der Waals surface area contributed by atoms with Gasteiger partial charge in [-0.05, 0) is 11.4 Å². The first kappa shape index (κ1) is 17.9. The van der Waals surface area contributed by atoms with E-state index >= 15 is 0 Å². The Bertz CT molecular complexity index is 697. The Morgan fingerprint density at radius 3 is 2.78 bits per heavy atom. The number of amides is 1. The summed E-state index contributed by atoms with van der Waals surface area (Å²) in [6.07, 6.45) is -0.782. The average Bonchev–Trinajstić information content (AvgIpc) is 2.96. The third-order valence-corrected chi connectivity index (χ3v) is 6.30. The maximum absolute atomic E-state index is 12.6. The van der Waals surface area contributed by atoms with E-state index in [1.165, 1.54) is 25.1 Å². The molecule has 0 saturated carbocycles. The number of morpholine rings is 1. The van der Waals surface area contributed by atoms with E-state index in [-0.39, 0.29) is 29.3 Å². The van der Waals surface area contributed by atoms with Crippen molar-refractivity contribution in [2.75, 3.05) is 33.8 Å². The van der Waals surface area contributed by atoms with Crippen LogP contribution >= 0.6 is 11.3 Å². The van der Waals surface area contributed by atoms with Crippen molar-refractivity contribution >= 4 is 33.2 Å². The van der Waals surface area contributed by atoms with Crippen molar-refractivity contribution in [1.29, 1.82) is 0 Å². The zero-order chi connectivity index (χ0) is 17.2. The highest BCUT2D eigenvalue weighted by atomic mass is 32.2. The Morgan fingerprint density at radius 1 is 1.48 bits per heavy atom. The van der Waals surface area contributed by atoms with Gasteiger partial charge in [0.25, 0.3) is 5.91 Å². The fourth-order valence-electron chi connectivity index (χ4n) is 2.22. The van der Waals surface area contributed by atoms with Gasteiger partial charge in [0.15, 0.2) is 0 Å². The second-order valence-corrected chi connectivity index (χ2v) is 8.28. The van der Waals surface area contributed by atoms with E-state index < -0.39 is 28.0 Å². The van der Waals surface area contributed by atoms with Crippen molar-refractivity contribution in [3.63, 3.8) is 0 Å². The third kappa shape index (κ3) is 3.89. The molecule has 1 atom stereocenters. The van der Waals surface area contributed by atoms with E-state index in [4.69, 9.17) is 9.84 Å². The van der Waals surface area contributed by atoms with Crippen LogP contribution in [0.3, 0.4) is 0 Å². The van der Waals surface area contributed by atoms with Gasteiger partial charge in [-0.2, -0.15) is 0 Å². The molecule has 128 valence electrons. The molecule has 0 radical (unpaired) electrons. The molecule has 1 fully saturated rings. The van der Waals surface area contributed by atoms with Crippen molar-refractivity contribution < 1.29 is 27.9 Å². The lowest BCUT2D eigenvalue weighted by Crippen LogP contribution is -2.46. The van der Waals surface area contributed by atoms with Crippen LogP contribution in [0.15, 0.2) is 16.3 Å². The minimum Gasteiger partial charge on any atom is -0.481 e. The number of hydrogen-bond donors (Lipinski definition) is 1. The van der Waals surface area contributed by atoms with Crippen LogP contribution in [0, 0.1) is 0 Å².